The Morgan fingerprint density at radius 2 is 2.45 bits per heavy atom. The third-order valence-corrected chi connectivity index (χ3v) is 2.02. The highest BCUT2D eigenvalue weighted by Gasteiger charge is 1.92. The summed E-state index contributed by atoms with van der Waals surface area (Å²) < 4.78 is 0.848. The van der Waals surface area contributed by atoms with Crippen LogP contribution >= 0.6 is 27.5 Å². The van der Waals surface area contributed by atoms with Crippen LogP contribution in [0.2, 0.25) is 0 Å². The highest BCUT2D eigenvalue weighted by molar-refractivity contribution is 9.10. The van der Waals surface area contributed by atoms with Crippen molar-refractivity contribution in [2.75, 3.05) is 5.88 Å². The van der Waals surface area contributed by atoms with Gasteiger partial charge >= 0.3 is 0 Å². The summed E-state index contributed by atoms with van der Waals surface area (Å²) in [5.41, 5.74) is 1.05. The molecule has 1 aromatic rings. The summed E-state index contributed by atoms with van der Waals surface area (Å²) in [6, 6.07) is 3.86. The van der Waals surface area contributed by atoms with Crippen molar-refractivity contribution < 1.29 is 0 Å². The van der Waals surface area contributed by atoms with Crippen molar-refractivity contribution in [1.29, 1.82) is 0 Å². The van der Waals surface area contributed by atoms with Crippen LogP contribution in [0, 0.1) is 0 Å². The molecular weight excluding hydrogens is 225 g/mol. The zero-order valence-corrected chi connectivity index (χ0v) is 8.14. The highest BCUT2D eigenvalue weighted by atomic mass is 79.9. The molecular formula is C8H7BrClN. The molecule has 1 aromatic heterocycles. The zero-order valence-electron chi connectivity index (χ0n) is 5.80. The van der Waals surface area contributed by atoms with Gasteiger partial charge in [-0.2, -0.15) is 0 Å². The molecule has 58 valence electrons. The minimum absolute atomic E-state index is 0.529. The van der Waals surface area contributed by atoms with Crippen molar-refractivity contribution in [1.82, 2.24) is 4.98 Å². The summed E-state index contributed by atoms with van der Waals surface area (Å²) in [5, 5.41) is 0. The van der Waals surface area contributed by atoms with Crippen LogP contribution in [0.25, 0.3) is 6.08 Å². The topological polar surface area (TPSA) is 12.9 Å². The van der Waals surface area contributed by atoms with Gasteiger partial charge in [0.2, 0.25) is 0 Å². The lowest BCUT2D eigenvalue weighted by atomic mass is 10.3. The van der Waals surface area contributed by atoms with E-state index < -0.39 is 0 Å². The fraction of sp³-hybridized carbons (Fsp3) is 0.125. The Kier molecular flexibility index (Phi) is 3.60. The first-order valence-electron chi connectivity index (χ1n) is 3.17. The van der Waals surface area contributed by atoms with E-state index in [9.17, 15) is 0 Å². The van der Waals surface area contributed by atoms with E-state index in [4.69, 9.17) is 11.6 Å². The Bertz CT molecular complexity index is 260. The lowest BCUT2D eigenvalue weighted by molar-refractivity contribution is 1.26. The molecule has 1 heterocycles. The number of allylic oxidation sites excluding steroid dienone is 1. The number of aromatic nitrogens is 1. The van der Waals surface area contributed by atoms with Crippen LogP contribution < -0.4 is 0 Å². The summed E-state index contributed by atoms with van der Waals surface area (Å²) in [4.78, 5) is 4.05. The molecule has 0 saturated heterocycles. The van der Waals surface area contributed by atoms with E-state index in [1.165, 1.54) is 0 Å². The average Bonchev–Trinajstić information content (AvgIpc) is 2.03. The van der Waals surface area contributed by atoms with Crippen molar-refractivity contribution >= 4 is 33.6 Å². The van der Waals surface area contributed by atoms with E-state index in [0.29, 0.717) is 5.88 Å². The number of halogens is 2. The molecule has 0 spiro atoms. The summed E-state index contributed by atoms with van der Waals surface area (Å²) in [7, 11) is 0. The molecule has 0 aliphatic rings. The molecule has 0 bridgehead atoms. The van der Waals surface area contributed by atoms with Crippen molar-refractivity contribution in [3.05, 3.63) is 34.6 Å². The van der Waals surface area contributed by atoms with Crippen LogP contribution in [0.5, 0.6) is 0 Å². The quantitative estimate of drug-likeness (QED) is 0.564. The van der Waals surface area contributed by atoms with E-state index in [1.807, 2.05) is 24.3 Å². The Balaban J connectivity index is 2.86. The molecule has 0 unspecified atom stereocenters. The molecule has 0 aromatic carbocycles. The summed E-state index contributed by atoms with van der Waals surface area (Å²) in [5.74, 6) is 0.529. The van der Waals surface area contributed by atoms with Gasteiger partial charge in [-0.05, 0) is 22.0 Å². The minimum atomic E-state index is 0.529. The van der Waals surface area contributed by atoms with Gasteiger partial charge in [0.25, 0.3) is 0 Å². The molecule has 0 amide bonds. The van der Waals surface area contributed by atoms with Gasteiger partial charge in [-0.25, -0.2) is 4.98 Å². The number of alkyl halides is 1. The average molecular weight is 233 g/mol. The van der Waals surface area contributed by atoms with Crippen LogP contribution in [-0.2, 0) is 0 Å². The van der Waals surface area contributed by atoms with Crippen molar-refractivity contribution in [3.8, 4) is 0 Å². The predicted octanol–water partition coefficient (Wildman–Crippen LogP) is 3.10. The molecule has 0 atom stereocenters. The van der Waals surface area contributed by atoms with E-state index in [0.717, 1.165) is 10.2 Å². The first kappa shape index (κ1) is 8.75. The van der Waals surface area contributed by atoms with Gasteiger partial charge in [-0.15, -0.1) is 11.6 Å². The van der Waals surface area contributed by atoms with Gasteiger partial charge in [-0.1, -0.05) is 18.2 Å². The monoisotopic (exact) mass is 231 g/mol. The van der Waals surface area contributed by atoms with Crippen molar-refractivity contribution in [3.63, 3.8) is 0 Å². The second kappa shape index (κ2) is 4.52. The number of nitrogens with zero attached hydrogens (tertiary/aromatic N) is 1. The van der Waals surface area contributed by atoms with Crippen molar-refractivity contribution in [2.24, 2.45) is 0 Å². The number of pyridine rings is 1. The summed E-state index contributed by atoms with van der Waals surface area (Å²) >= 11 is 8.80. The molecule has 0 aliphatic heterocycles. The number of rotatable bonds is 2. The second-order valence-corrected chi connectivity index (χ2v) is 3.00. The largest absolute Gasteiger partial charge is 0.249 e. The third kappa shape index (κ3) is 2.64. The van der Waals surface area contributed by atoms with Gasteiger partial charge in [0.1, 0.15) is 4.60 Å². The van der Waals surface area contributed by atoms with Crippen LogP contribution in [-0.4, -0.2) is 10.9 Å². The molecule has 11 heavy (non-hydrogen) atoms. The Morgan fingerprint density at radius 3 is 3.09 bits per heavy atom. The molecule has 3 heteroatoms. The fourth-order valence-electron chi connectivity index (χ4n) is 0.694. The third-order valence-electron chi connectivity index (χ3n) is 1.17. The number of hydrogen-bond acceptors (Lipinski definition) is 1. The smallest absolute Gasteiger partial charge is 0.113 e. The lowest BCUT2D eigenvalue weighted by Crippen LogP contribution is -1.78. The molecule has 1 nitrogen and oxygen atoms in total. The molecule has 0 N–H and O–H groups in total. The maximum absolute atomic E-state index is 5.48. The lowest BCUT2D eigenvalue weighted by Gasteiger charge is -1.93. The first-order valence-corrected chi connectivity index (χ1v) is 4.50. The normalized spacial score (nSPS) is 10.7. The fourth-order valence-corrected chi connectivity index (χ4v) is 1.17. The Morgan fingerprint density at radius 1 is 1.64 bits per heavy atom. The van der Waals surface area contributed by atoms with Gasteiger partial charge in [0.05, 0.1) is 0 Å². The standard InChI is InChI=1S/C8H7BrClN/c9-8-7(3-1-5-10)4-2-6-11-8/h1-4,6H,5H2. The van der Waals surface area contributed by atoms with Gasteiger partial charge in [0.15, 0.2) is 0 Å². The SMILES string of the molecule is ClCC=Cc1cccnc1Br. The molecule has 0 aliphatic carbocycles. The van der Waals surface area contributed by atoms with Crippen LogP contribution in [0.1, 0.15) is 5.56 Å². The van der Waals surface area contributed by atoms with Crippen molar-refractivity contribution in [2.45, 2.75) is 0 Å². The molecule has 0 saturated carbocycles. The van der Waals surface area contributed by atoms with Crippen LogP contribution in [0.15, 0.2) is 29.0 Å². The van der Waals surface area contributed by atoms with E-state index in [2.05, 4.69) is 20.9 Å². The van der Waals surface area contributed by atoms with E-state index in [-0.39, 0.29) is 0 Å². The van der Waals surface area contributed by atoms with E-state index >= 15 is 0 Å². The second-order valence-electron chi connectivity index (χ2n) is 1.94. The highest BCUT2D eigenvalue weighted by Crippen LogP contribution is 2.13. The first-order chi connectivity index (χ1) is 5.34. The van der Waals surface area contributed by atoms with E-state index in [1.54, 1.807) is 6.20 Å². The summed E-state index contributed by atoms with van der Waals surface area (Å²) in [6.45, 7) is 0. The van der Waals surface area contributed by atoms with Crippen LogP contribution in [0.3, 0.4) is 0 Å². The summed E-state index contributed by atoms with van der Waals surface area (Å²) in [6.07, 6.45) is 5.55. The van der Waals surface area contributed by atoms with Gasteiger partial charge < -0.3 is 0 Å². The predicted molar refractivity (Wildman–Crippen MR) is 51.7 cm³/mol. The molecule has 0 fully saturated rings. The Labute approximate surface area is 79.2 Å². The van der Waals surface area contributed by atoms with Gasteiger partial charge in [-0.3, -0.25) is 0 Å². The molecule has 0 radical (unpaired) electrons. The van der Waals surface area contributed by atoms with Crippen LogP contribution in [0.4, 0.5) is 0 Å². The van der Waals surface area contributed by atoms with Gasteiger partial charge in [0, 0.05) is 17.6 Å². The maximum Gasteiger partial charge on any atom is 0.113 e. The number of hydrogen-bond donors (Lipinski definition) is 0. The maximum atomic E-state index is 5.48. The minimum Gasteiger partial charge on any atom is -0.249 e. The molecule has 1 rings (SSSR count). The zero-order chi connectivity index (χ0) is 8.10. The Hall–Kier alpha value is -0.340.